The van der Waals surface area contributed by atoms with Gasteiger partial charge in [-0.3, -0.25) is 4.79 Å². The van der Waals surface area contributed by atoms with Crippen LogP contribution in [0.5, 0.6) is 0 Å². The highest BCUT2D eigenvalue weighted by atomic mass is 79.9. The van der Waals surface area contributed by atoms with Gasteiger partial charge in [-0.1, -0.05) is 39.1 Å². The summed E-state index contributed by atoms with van der Waals surface area (Å²) in [5.74, 6) is -0.451. The van der Waals surface area contributed by atoms with Crippen LogP contribution in [0.3, 0.4) is 0 Å². The van der Waals surface area contributed by atoms with E-state index >= 15 is 0 Å². The molecule has 6 nitrogen and oxygen atoms in total. The fourth-order valence-corrected chi connectivity index (χ4v) is 4.57. The van der Waals surface area contributed by atoms with Crippen LogP contribution in [-0.2, 0) is 19.6 Å². The molecular formula is C12H15BrCl2N2O4S. The quantitative estimate of drug-likeness (QED) is 0.668. The molecule has 0 aliphatic heterocycles. The number of benzene rings is 1. The van der Waals surface area contributed by atoms with E-state index in [1.165, 1.54) is 26.3 Å². The van der Waals surface area contributed by atoms with Gasteiger partial charge in [-0.2, -0.15) is 4.31 Å². The largest absolute Gasteiger partial charge is 0.383 e. The number of halogens is 3. The van der Waals surface area contributed by atoms with E-state index in [0.29, 0.717) is 17.6 Å². The van der Waals surface area contributed by atoms with E-state index in [-0.39, 0.29) is 21.5 Å². The third-order valence-electron chi connectivity index (χ3n) is 2.63. The first kappa shape index (κ1) is 19.7. The molecule has 0 fully saturated rings. The topological polar surface area (TPSA) is 75.7 Å². The lowest BCUT2D eigenvalue weighted by Crippen LogP contribution is -2.39. The molecule has 22 heavy (non-hydrogen) atoms. The van der Waals surface area contributed by atoms with Crippen molar-refractivity contribution in [3.63, 3.8) is 0 Å². The smallest absolute Gasteiger partial charge is 0.246 e. The van der Waals surface area contributed by atoms with E-state index in [2.05, 4.69) is 21.2 Å². The fourth-order valence-electron chi connectivity index (χ4n) is 1.57. The molecule has 0 aliphatic carbocycles. The standard InChI is InChI=1S/C12H15BrCl2N2O4S/c1-17(7-11(18)16-3-4-21-2)22(19,20)12-9(14)5-8(13)6-10(12)15/h5-6H,3-4,7H2,1-2H3,(H,16,18). The molecule has 0 spiro atoms. The highest BCUT2D eigenvalue weighted by Crippen LogP contribution is 2.34. The van der Waals surface area contributed by atoms with Crippen LogP contribution < -0.4 is 5.32 Å². The predicted octanol–water partition coefficient (Wildman–Crippen LogP) is 2.14. The molecule has 10 heteroatoms. The Bertz CT molecular complexity index is 632. The second-order valence-corrected chi connectivity index (χ2v) is 8.01. The minimum atomic E-state index is -3.99. The lowest BCUT2D eigenvalue weighted by molar-refractivity contribution is -0.121. The molecule has 0 bridgehead atoms. The zero-order valence-electron chi connectivity index (χ0n) is 11.9. The monoisotopic (exact) mass is 432 g/mol. The van der Waals surface area contributed by atoms with Crippen molar-refractivity contribution in [2.75, 3.05) is 33.9 Å². The Morgan fingerprint density at radius 1 is 1.36 bits per heavy atom. The molecule has 1 aromatic carbocycles. The third kappa shape index (κ3) is 5.07. The first-order chi connectivity index (χ1) is 10.2. The van der Waals surface area contributed by atoms with Crippen LogP contribution in [0.25, 0.3) is 0 Å². The van der Waals surface area contributed by atoms with Gasteiger partial charge in [-0.25, -0.2) is 8.42 Å². The van der Waals surface area contributed by atoms with Crippen LogP contribution in [0.4, 0.5) is 0 Å². The van der Waals surface area contributed by atoms with Gasteiger partial charge < -0.3 is 10.1 Å². The summed E-state index contributed by atoms with van der Waals surface area (Å²) in [7, 11) is -1.21. The summed E-state index contributed by atoms with van der Waals surface area (Å²) in [6.07, 6.45) is 0. The Balaban J connectivity index is 2.93. The molecule has 0 saturated carbocycles. The summed E-state index contributed by atoms with van der Waals surface area (Å²) in [6.45, 7) is 0.282. The summed E-state index contributed by atoms with van der Waals surface area (Å²) in [5, 5.41) is 2.49. The van der Waals surface area contributed by atoms with Crippen molar-refractivity contribution in [1.82, 2.24) is 9.62 Å². The number of nitrogens with one attached hydrogen (secondary N) is 1. The molecular weight excluding hydrogens is 419 g/mol. The lowest BCUT2D eigenvalue weighted by Gasteiger charge is -2.18. The van der Waals surface area contributed by atoms with Crippen LogP contribution in [-0.4, -0.2) is 52.5 Å². The minimum Gasteiger partial charge on any atom is -0.383 e. The number of ether oxygens (including phenoxy) is 1. The van der Waals surface area contributed by atoms with E-state index in [1.54, 1.807) is 0 Å². The first-order valence-electron chi connectivity index (χ1n) is 6.06. The summed E-state index contributed by atoms with van der Waals surface area (Å²) in [4.78, 5) is 11.5. The predicted molar refractivity (Wildman–Crippen MR) is 88.9 cm³/mol. The summed E-state index contributed by atoms with van der Waals surface area (Å²) in [6, 6.07) is 2.85. The van der Waals surface area contributed by atoms with Gasteiger partial charge in [0.1, 0.15) is 4.90 Å². The van der Waals surface area contributed by atoms with E-state index in [0.717, 1.165) is 4.31 Å². The normalized spacial score (nSPS) is 11.7. The molecule has 0 radical (unpaired) electrons. The minimum absolute atomic E-state index is 0.0222. The highest BCUT2D eigenvalue weighted by molar-refractivity contribution is 9.10. The molecule has 0 unspecified atom stereocenters. The first-order valence-corrected chi connectivity index (χ1v) is 9.05. The van der Waals surface area contributed by atoms with Gasteiger partial charge in [-0.05, 0) is 12.1 Å². The van der Waals surface area contributed by atoms with Crippen molar-refractivity contribution in [2.45, 2.75) is 4.90 Å². The van der Waals surface area contributed by atoms with Crippen LogP contribution in [0.2, 0.25) is 10.0 Å². The molecule has 0 saturated heterocycles. The lowest BCUT2D eigenvalue weighted by atomic mass is 10.4. The fraction of sp³-hybridized carbons (Fsp3) is 0.417. The highest BCUT2D eigenvalue weighted by Gasteiger charge is 2.28. The van der Waals surface area contributed by atoms with Crippen molar-refractivity contribution in [1.29, 1.82) is 0 Å². The maximum absolute atomic E-state index is 12.5. The Labute approximate surface area is 147 Å². The zero-order chi connectivity index (χ0) is 16.9. The number of rotatable bonds is 7. The molecule has 1 amide bonds. The average Bonchev–Trinajstić information content (AvgIpc) is 2.37. The van der Waals surface area contributed by atoms with Crippen LogP contribution >= 0.6 is 39.1 Å². The molecule has 0 heterocycles. The number of methoxy groups -OCH3 is 1. The molecule has 0 aliphatic rings. The number of nitrogens with zero attached hydrogens (tertiary/aromatic N) is 1. The van der Waals surface area contributed by atoms with Gasteiger partial charge in [0.25, 0.3) is 0 Å². The molecule has 0 atom stereocenters. The van der Waals surface area contributed by atoms with Gasteiger partial charge >= 0.3 is 0 Å². The van der Waals surface area contributed by atoms with E-state index in [1.807, 2.05) is 0 Å². The van der Waals surface area contributed by atoms with Gasteiger partial charge in [0, 0.05) is 25.2 Å². The molecule has 0 aromatic heterocycles. The second-order valence-electron chi connectivity index (χ2n) is 4.30. The summed E-state index contributed by atoms with van der Waals surface area (Å²) < 4.78 is 31.2. The Morgan fingerprint density at radius 3 is 2.41 bits per heavy atom. The third-order valence-corrected chi connectivity index (χ3v) is 5.81. The van der Waals surface area contributed by atoms with Crippen molar-refractivity contribution in [3.8, 4) is 0 Å². The Hall–Kier alpha value is -0.380. The van der Waals surface area contributed by atoms with Crippen molar-refractivity contribution < 1.29 is 17.9 Å². The van der Waals surface area contributed by atoms with E-state index in [9.17, 15) is 13.2 Å². The number of hydrogen-bond acceptors (Lipinski definition) is 4. The maximum atomic E-state index is 12.5. The number of likely N-dealkylation sites (N-methyl/N-ethyl adjacent to an activating group) is 1. The summed E-state index contributed by atoms with van der Waals surface area (Å²) in [5.41, 5.74) is 0. The SMILES string of the molecule is COCCNC(=O)CN(C)S(=O)(=O)c1c(Cl)cc(Br)cc1Cl. The average molecular weight is 434 g/mol. The number of carbonyl (C=O) groups is 1. The van der Waals surface area contributed by atoms with Gasteiger partial charge in [0.15, 0.2) is 0 Å². The van der Waals surface area contributed by atoms with E-state index in [4.69, 9.17) is 27.9 Å². The Morgan fingerprint density at radius 2 is 1.91 bits per heavy atom. The van der Waals surface area contributed by atoms with Crippen molar-refractivity contribution >= 4 is 55.1 Å². The number of sulfonamides is 1. The van der Waals surface area contributed by atoms with Gasteiger partial charge in [0.05, 0.1) is 23.2 Å². The van der Waals surface area contributed by atoms with Crippen LogP contribution in [0, 0.1) is 0 Å². The Kier molecular flexibility index (Phi) is 7.57. The molecule has 124 valence electrons. The van der Waals surface area contributed by atoms with Gasteiger partial charge in [-0.15, -0.1) is 0 Å². The van der Waals surface area contributed by atoms with Crippen molar-refractivity contribution in [3.05, 3.63) is 26.7 Å². The number of hydrogen-bond donors (Lipinski definition) is 1. The maximum Gasteiger partial charge on any atom is 0.246 e. The number of carbonyl (C=O) groups excluding carboxylic acids is 1. The summed E-state index contributed by atoms with van der Waals surface area (Å²) >= 11 is 15.1. The van der Waals surface area contributed by atoms with Crippen molar-refractivity contribution in [2.24, 2.45) is 0 Å². The van der Waals surface area contributed by atoms with Crippen LogP contribution in [0.15, 0.2) is 21.5 Å². The van der Waals surface area contributed by atoms with E-state index < -0.39 is 15.9 Å². The number of amides is 1. The molecule has 1 rings (SSSR count). The van der Waals surface area contributed by atoms with Gasteiger partial charge in [0.2, 0.25) is 15.9 Å². The van der Waals surface area contributed by atoms with Crippen LogP contribution in [0.1, 0.15) is 0 Å². The molecule has 1 aromatic rings. The second kappa shape index (κ2) is 8.47. The zero-order valence-corrected chi connectivity index (χ0v) is 15.8. The molecule has 1 N–H and O–H groups in total.